The van der Waals surface area contributed by atoms with E-state index >= 15 is 0 Å². The minimum atomic E-state index is -0.888. The standard InChI is InChI=1S/C24H19ClN2O3/c25-19-9-7-18(8-10-19)24-16-17-4-1-2-6-21(17)23(29)27(24)14-13-26(24)22(28)12-11-20-5-3-15-30-20/h1-12,15H,13-14,16H2/b12-11+. The van der Waals surface area contributed by atoms with Crippen molar-refractivity contribution in [2.24, 2.45) is 0 Å². The summed E-state index contributed by atoms with van der Waals surface area (Å²) in [6.45, 7) is 0.916. The lowest BCUT2D eigenvalue weighted by Crippen LogP contribution is -2.58. The summed E-state index contributed by atoms with van der Waals surface area (Å²) in [4.78, 5) is 30.3. The van der Waals surface area contributed by atoms with Crippen LogP contribution in [0.1, 0.15) is 27.2 Å². The highest BCUT2D eigenvalue weighted by molar-refractivity contribution is 6.30. The zero-order chi connectivity index (χ0) is 20.7. The largest absolute Gasteiger partial charge is 0.465 e. The Kier molecular flexibility index (Phi) is 4.48. The Morgan fingerprint density at radius 1 is 1.03 bits per heavy atom. The van der Waals surface area contributed by atoms with Crippen LogP contribution in [0, 0.1) is 0 Å². The van der Waals surface area contributed by atoms with Crippen LogP contribution in [0.25, 0.3) is 6.08 Å². The van der Waals surface area contributed by atoms with Crippen molar-refractivity contribution >= 4 is 29.5 Å². The molecule has 3 heterocycles. The number of carbonyl (C=O) groups excluding carboxylic acids is 2. The molecule has 0 aliphatic carbocycles. The lowest BCUT2D eigenvalue weighted by Gasteiger charge is -2.47. The normalized spacial score (nSPS) is 20.5. The van der Waals surface area contributed by atoms with E-state index in [0.717, 1.165) is 11.1 Å². The Labute approximate surface area is 179 Å². The highest BCUT2D eigenvalue weighted by Crippen LogP contribution is 2.45. The number of hydrogen-bond donors (Lipinski definition) is 0. The second-order valence-electron chi connectivity index (χ2n) is 7.45. The van der Waals surface area contributed by atoms with Crippen LogP contribution in [0.4, 0.5) is 0 Å². The van der Waals surface area contributed by atoms with Gasteiger partial charge in [0, 0.05) is 36.2 Å². The molecule has 0 spiro atoms. The van der Waals surface area contributed by atoms with Crippen LogP contribution < -0.4 is 0 Å². The molecule has 1 fully saturated rings. The van der Waals surface area contributed by atoms with E-state index < -0.39 is 5.66 Å². The molecule has 150 valence electrons. The molecule has 5 rings (SSSR count). The molecule has 2 amide bonds. The van der Waals surface area contributed by atoms with Gasteiger partial charge < -0.3 is 14.2 Å². The third kappa shape index (κ3) is 2.85. The van der Waals surface area contributed by atoms with Crippen molar-refractivity contribution in [1.29, 1.82) is 0 Å². The first kappa shape index (κ1) is 18.7. The smallest absolute Gasteiger partial charge is 0.256 e. The van der Waals surface area contributed by atoms with Gasteiger partial charge in [-0.05, 0) is 47.5 Å². The molecule has 2 aliphatic heterocycles. The highest BCUT2D eigenvalue weighted by Gasteiger charge is 2.55. The van der Waals surface area contributed by atoms with Crippen LogP contribution in [0.3, 0.4) is 0 Å². The van der Waals surface area contributed by atoms with Crippen LogP contribution in [-0.4, -0.2) is 34.7 Å². The number of rotatable bonds is 3. The molecule has 1 aromatic heterocycles. The number of furan rings is 1. The average molecular weight is 419 g/mol. The van der Waals surface area contributed by atoms with Crippen molar-refractivity contribution in [3.05, 3.63) is 100 Å². The summed E-state index contributed by atoms with van der Waals surface area (Å²) in [5, 5.41) is 0.609. The summed E-state index contributed by atoms with van der Waals surface area (Å²) >= 11 is 6.12. The van der Waals surface area contributed by atoms with Crippen molar-refractivity contribution in [3.63, 3.8) is 0 Å². The maximum absolute atomic E-state index is 13.4. The quantitative estimate of drug-likeness (QED) is 0.594. The van der Waals surface area contributed by atoms with Gasteiger partial charge in [0.1, 0.15) is 11.4 Å². The van der Waals surface area contributed by atoms with Gasteiger partial charge in [-0.15, -0.1) is 0 Å². The van der Waals surface area contributed by atoms with Crippen LogP contribution in [0.15, 0.2) is 77.4 Å². The number of halogens is 1. The third-order valence-electron chi connectivity index (χ3n) is 5.88. The highest BCUT2D eigenvalue weighted by atomic mass is 35.5. The van der Waals surface area contributed by atoms with Crippen LogP contribution in [0.5, 0.6) is 0 Å². The fourth-order valence-electron chi connectivity index (χ4n) is 4.52. The SMILES string of the molecule is O=C(/C=C/c1ccco1)N1CCN2C(=O)c3ccccc3CC12c1ccc(Cl)cc1. The second-order valence-corrected chi connectivity index (χ2v) is 7.89. The Bertz CT molecular complexity index is 1140. The van der Waals surface area contributed by atoms with Crippen LogP contribution in [-0.2, 0) is 16.9 Å². The first-order valence-electron chi connectivity index (χ1n) is 9.79. The lowest BCUT2D eigenvalue weighted by atomic mass is 9.83. The number of hydrogen-bond acceptors (Lipinski definition) is 3. The molecule has 6 heteroatoms. The molecular weight excluding hydrogens is 400 g/mol. The van der Waals surface area contributed by atoms with E-state index in [4.69, 9.17) is 16.0 Å². The van der Waals surface area contributed by atoms with E-state index in [0.29, 0.717) is 35.9 Å². The molecule has 3 aromatic rings. The van der Waals surface area contributed by atoms with E-state index in [1.165, 1.54) is 6.08 Å². The summed E-state index contributed by atoms with van der Waals surface area (Å²) in [5.74, 6) is 0.373. The Morgan fingerprint density at radius 2 is 1.83 bits per heavy atom. The maximum Gasteiger partial charge on any atom is 0.256 e. The van der Waals surface area contributed by atoms with Crippen molar-refractivity contribution < 1.29 is 14.0 Å². The second kappa shape index (κ2) is 7.18. The van der Waals surface area contributed by atoms with Gasteiger partial charge in [-0.25, -0.2) is 0 Å². The van der Waals surface area contributed by atoms with E-state index in [1.807, 2.05) is 41.3 Å². The minimum absolute atomic E-state index is 0.0582. The Balaban J connectivity index is 1.62. The zero-order valence-corrected chi connectivity index (χ0v) is 16.9. The van der Waals surface area contributed by atoms with Crippen LogP contribution >= 0.6 is 11.6 Å². The van der Waals surface area contributed by atoms with Crippen LogP contribution in [0.2, 0.25) is 5.02 Å². The molecule has 5 nitrogen and oxygen atoms in total. The van der Waals surface area contributed by atoms with Crippen molar-refractivity contribution in [2.75, 3.05) is 13.1 Å². The predicted molar refractivity (Wildman–Crippen MR) is 114 cm³/mol. The van der Waals surface area contributed by atoms with Gasteiger partial charge in [-0.3, -0.25) is 9.59 Å². The zero-order valence-electron chi connectivity index (χ0n) is 16.1. The lowest BCUT2D eigenvalue weighted by molar-refractivity contribution is -0.133. The number of benzene rings is 2. The van der Waals surface area contributed by atoms with Gasteiger partial charge in [0.25, 0.3) is 5.91 Å². The first-order valence-corrected chi connectivity index (χ1v) is 10.2. The first-order chi connectivity index (χ1) is 14.6. The van der Waals surface area contributed by atoms with Gasteiger partial charge >= 0.3 is 0 Å². The Hall–Kier alpha value is -3.31. The summed E-state index contributed by atoms with van der Waals surface area (Å²) in [5.41, 5.74) is 1.61. The number of carbonyl (C=O) groups is 2. The molecule has 1 unspecified atom stereocenters. The molecular formula is C24H19ClN2O3. The van der Waals surface area contributed by atoms with E-state index in [1.54, 1.807) is 41.5 Å². The topological polar surface area (TPSA) is 53.8 Å². The molecule has 2 aromatic carbocycles. The van der Waals surface area contributed by atoms with Gasteiger partial charge in [0.15, 0.2) is 0 Å². The number of fused-ring (bicyclic) bond motifs is 2. The van der Waals surface area contributed by atoms with E-state index in [2.05, 4.69) is 0 Å². The van der Waals surface area contributed by atoms with Gasteiger partial charge in [-0.1, -0.05) is 41.9 Å². The Morgan fingerprint density at radius 3 is 2.60 bits per heavy atom. The third-order valence-corrected chi connectivity index (χ3v) is 6.13. The van der Waals surface area contributed by atoms with Crippen molar-refractivity contribution in [2.45, 2.75) is 12.1 Å². The molecule has 0 bridgehead atoms. The summed E-state index contributed by atoms with van der Waals surface area (Å²) in [7, 11) is 0. The van der Waals surface area contributed by atoms with Crippen molar-refractivity contribution in [1.82, 2.24) is 9.80 Å². The van der Waals surface area contributed by atoms with Gasteiger partial charge in [0.2, 0.25) is 5.91 Å². The summed E-state index contributed by atoms with van der Waals surface area (Å²) in [6, 6.07) is 18.6. The summed E-state index contributed by atoms with van der Waals surface area (Å²) < 4.78 is 5.30. The summed E-state index contributed by atoms with van der Waals surface area (Å²) in [6.07, 6.45) is 5.24. The van der Waals surface area contributed by atoms with Gasteiger partial charge in [-0.2, -0.15) is 0 Å². The maximum atomic E-state index is 13.4. The molecule has 0 radical (unpaired) electrons. The molecule has 2 aliphatic rings. The number of amides is 2. The fraction of sp³-hybridized carbons (Fsp3) is 0.167. The van der Waals surface area contributed by atoms with E-state index in [-0.39, 0.29) is 11.8 Å². The number of nitrogens with zero attached hydrogens (tertiary/aromatic N) is 2. The molecule has 1 atom stereocenters. The molecule has 0 saturated carbocycles. The monoisotopic (exact) mass is 418 g/mol. The van der Waals surface area contributed by atoms with Crippen molar-refractivity contribution in [3.8, 4) is 0 Å². The van der Waals surface area contributed by atoms with Gasteiger partial charge in [0.05, 0.1) is 6.26 Å². The average Bonchev–Trinajstić information content (AvgIpc) is 3.41. The van der Waals surface area contributed by atoms with E-state index in [9.17, 15) is 9.59 Å². The minimum Gasteiger partial charge on any atom is -0.465 e. The fourth-order valence-corrected chi connectivity index (χ4v) is 4.65. The molecule has 30 heavy (non-hydrogen) atoms. The predicted octanol–water partition coefficient (Wildman–Crippen LogP) is 4.34. The molecule has 1 saturated heterocycles. The molecule has 0 N–H and O–H groups in total.